The monoisotopic (exact) mass is 275 g/mol. The molecule has 5 heteroatoms. The Kier molecular flexibility index (Phi) is 5.09. The van der Waals surface area contributed by atoms with Crippen LogP contribution in [0.15, 0.2) is 12.1 Å². The smallest absolute Gasteiger partial charge is 0.255 e. The second-order valence-electron chi connectivity index (χ2n) is 4.07. The Labute approximate surface area is 111 Å². The number of nitrogens with one attached hydrogen (secondary N) is 1. The molecule has 0 aliphatic rings. The molecule has 1 amide bonds. The summed E-state index contributed by atoms with van der Waals surface area (Å²) in [4.78, 5) is 11.9. The molecule has 0 aliphatic heterocycles. The molecule has 0 heterocycles. The Morgan fingerprint density at radius 2 is 2.06 bits per heavy atom. The minimum atomic E-state index is -0.236. The van der Waals surface area contributed by atoms with Crippen LogP contribution in [0.5, 0.6) is 5.75 Å². The van der Waals surface area contributed by atoms with E-state index in [-0.39, 0.29) is 5.91 Å². The molecule has 0 unspecified atom stereocenters. The highest BCUT2D eigenvalue weighted by atomic mass is 35.5. The van der Waals surface area contributed by atoms with Crippen molar-refractivity contribution in [2.24, 2.45) is 5.92 Å². The zero-order valence-corrected chi connectivity index (χ0v) is 11.5. The Bertz CT molecular complexity index is 419. The average Bonchev–Trinajstić information content (AvgIpc) is 2.24. The van der Waals surface area contributed by atoms with E-state index in [0.29, 0.717) is 33.8 Å². The van der Waals surface area contributed by atoms with Crippen LogP contribution in [0.3, 0.4) is 0 Å². The Morgan fingerprint density at radius 1 is 1.41 bits per heavy atom. The number of rotatable bonds is 4. The average molecular weight is 276 g/mol. The zero-order valence-electron chi connectivity index (χ0n) is 10.0. The lowest BCUT2D eigenvalue weighted by molar-refractivity contribution is 0.0946. The van der Waals surface area contributed by atoms with Gasteiger partial charge in [0.1, 0.15) is 5.75 Å². The van der Waals surface area contributed by atoms with Crippen LogP contribution < -0.4 is 10.1 Å². The summed E-state index contributed by atoms with van der Waals surface area (Å²) >= 11 is 11.8. The van der Waals surface area contributed by atoms with E-state index in [1.54, 1.807) is 12.1 Å². The van der Waals surface area contributed by atoms with Gasteiger partial charge in [0.05, 0.1) is 17.7 Å². The summed E-state index contributed by atoms with van der Waals surface area (Å²) in [7, 11) is 1.47. The fraction of sp³-hybridized carbons (Fsp3) is 0.417. The minimum Gasteiger partial charge on any atom is -0.494 e. The van der Waals surface area contributed by atoms with E-state index in [1.165, 1.54) is 7.11 Å². The number of hydrogen-bond acceptors (Lipinski definition) is 2. The molecule has 0 atom stereocenters. The van der Waals surface area contributed by atoms with Crippen LogP contribution in [0.1, 0.15) is 24.2 Å². The van der Waals surface area contributed by atoms with Crippen LogP contribution in [0.25, 0.3) is 0 Å². The van der Waals surface area contributed by atoms with Crippen molar-refractivity contribution >= 4 is 29.1 Å². The first-order valence-corrected chi connectivity index (χ1v) is 6.02. The predicted molar refractivity (Wildman–Crippen MR) is 70.2 cm³/mol. The quantitative estimate of drug-likeness (QED) is 0.915. The van der Waals surface area contributed by atoms with Crippen molar-refractivity contribution in [1.29, 1.82) is 0 Å². The molecule has 0 aliphatic carbocycles. The van der Waals surface area contributed by atoms with Gasteiger partial charge in [-0.2, -0.15) is 0 Å². The van der Waals surface area contributed by atoms with E-state index in [4.69, 9.17) is 27.9 Å². The molecule has 94 valence electrons. The van der Waals surface area contributed by atoms with Crippen LogP contribution in [-0.4, -0.2) is 19.6 Å². The highest BCUT2D eigenvalue weighted by Crippen LogP contribution is 2.32. The topological polar surface area (TPSA) is 38.3 Å². The van der Waals surface area contributed by atoms with Crippen molar-refractivity contribution < 1.29 is 9.53 Å². The molecule has 0 saturated heterocycles. The molecule has 17 heavy (non-hydrogen) atoms. The standard InChI is InChI=1S/C12H15Cl2NO2/c1-7(2)6-15-12(16)9-4-8(13)5-10(14)11(9)17-3/h4-5,7H,6H2,1-3H3,(H,15,16). The van der Waals surface area contributed by atoms with Crippen LogP contribution in [0, 0.1) is 5.92 Å². The maximum absolute atomic E-state index is 11.9. The number of amides is 1. The molecule has 0 fully saturated rings. The van der Waals surface area contributed by atoms with Gasteiger partial charge < -0.3 is 10.1 Å². The number of halogens is 2. The summed E-state index contributed by atoms with van der Waals surface area (Å²) in [5, 5.41) is 3.53. The van der Waals surface area contributed by atoms with Crippen molar-refractivity contribution in [1.82, 2.24) is 5.32 Å². The summed E-state index contributed by atoms with van der Waals surface area (Å²) in [5.74, 6) is 0.483. The van der Waals surface area contributed by atoms with Gasteiger partial charge in [-0.15, -0.1) is 0 Å². The number of carbonyl (C=O) groups is 1. The van der Waals surface area contributed by atoms with E-state index in [1.807, 2.05) is 13.8 Å². The number of benzene rings is 1. The lowest BCUT2D eigenvalue weighted by Crippen LogP contribution is -2.27. The number of hydrogen-bond donors (Lipinski definition) is 1. The SMILES string of the molecule is COc1c(Cl)cc(Cl)cc1C(=O)NCC(C)C. The van der Waals surface area contributed by atoms with Crippen molar-refractivity contribution in [3.05, 3.63) is 27.7 Å². The molecule has 1 aromatic carbocycles. The van der Waals surface area contributed by atoms with Crippen LogP contribution in [0.2, 0.25) is 10.0 Å². The van der Waals surface area contributed by atoms with E-state index < -0.39 is 0 Å². The van der Waals surface area contributed by atoms with Crippen molar-refractivity contribution in [3.8, 4) is 5.75 Å². The number of methoxy groups -OCH3 is 1. The largest absolute Gasteiger partial charge is 0.494 e. The van der Waals surface area contributed by atoms with E-state index in [0.717, 1.165) is 0 Å². The summed E-state index contributed by atoms with van der Waals surface area (Å²) in [6, 6.07) is 3.09. The van der Waals surface area contributed by atoms with Gasteiger partial charge in [-0.05, 0) is 18.1 Å². The van der Waals surface area contributed by atoms with Gasteiger partial charge in [-0.3, -0.25) is 4.79 Å². The second-order valence-corrected chi connectivity index (χ2v) is 4.92. The fourth-order valence-corrected chi connectivity index (χ4v) is 1.90. The summed E-state index contributed by atoms with van der Waals surface area (Å²) in [6.45, 7) is 4.62. The first-order valence-electron chi connectivity index (χ1n) is 5.27. The first-order chi connectivity index (χ1) is 7.95. The molecule has 1 rings (SSSR count). The van der Waals surface area contributed by atoms with Gasteiger partial charge in [0, 0.05) is 11.6 Å². The third-order valence-corrected chi connectivity index (χ3v) is 2.63. The van der Waals surface area contributed by atoms with Gasteiger partial charge in [0.2, 0.25) is 0 Å². The Hall–Kier alpha value is -0.930. The molecule has 0 spiro atoms. The van der Waals surface area contributed by atoms with Gasteiger partial charge in [-0.25, -0.2) is 0 Å². The predicted octanol–water partition coefficient (Wildman–Crippen LogP) is 3.39. The van der Waals surface area contributed by atoms with Gasteiger partial charge in [-0.1, -0.05) is 37.0 Å². The highest BCUT2D eigenvalue weighted by Gasteiger charge is 2.16. The minimum absolute atomic E-state index is 0.236. The Morgan fingerprint density at radius 3 is 2.59 bits per heavy atom. The van der Waals surface area contributed by atoms with Gasteiger partial charge in [0.25, 0.3) is 5.91 Å². The van der Waals surface area contributed by atoms with Crippen molar-refractivity contribution in [2.75, 3.05) is 13.7 Å². The number of carbonyl (C=O) groups excluding carboxylic acids is 1. The summed E-state index contributed by atoms with van der Waals surface area (Å²) in [5.41, 5.74) is 0.352. The van der Waals surface area contributed by atoms with E-state index in [2.05, 4.69) is 5.32 Å². The fourth-order valence-electron chi connectivity index (χ4n) is 1.33. The van der Waals surface area contributed by atoms with Crippen LogP contribution >= 0.6 is 23.2 Å². The molecule has 1 N–H and O–H groups in total. The summed E-state index contributed by atoms with van der Waals surface area (Å²) in [6.07, 6.45) is 0. The molecular weight excluding hydrogens is 261 g/mol. The summed E-state index contributed by atoms with van der Waals surface area (Å²) < 4.78 is 5.11. The third-order valence-electron chi connectivity index (χ3n) is 2.13. The maximum Gasteiger partial charge on any atom is 0.255 e. The molecule has 1 aromatic rings. The number of ether oxygens (including phenoxy) is 1. The van der Waals surface area contributed by atoms with Crippen LogP contribution in [-0.2, 0) is 0 Å². The molecule has 0 saturated carbocycles. The first kappa shape index (κ1) is 14.1. The van der Waals surface area contributed by atoms with E-state index in [9.17, 15) is 4.79 Å². The van der Waals surface area contributed by atoms with E-state index >= 15 is 0 Å². The molecule has 0 radical (unpaired) electrons. The van der Waals surface area contributed by atoms with Crippen molar-refractivity contribution in [3.63, 3.8) is 0 Å². The molecule has 0 bridgehead atoms. The Balaban J connectivity index is 2.99. The second kappa shape index (κ2) is 6.12. The van der Waals surface area contributed by atoms with Gasteiger partial charge >= 0.3 is 0 Å². The van der Waals surface area contributed by atoms with Gasteiger partial charge in [0.15, 0.2) is 0 Å². The maximum atomic E-state index is 11.9. The molecule has 3 nitrogen and oxygen atoms in total. The van der Waals surface area contributed by atoms with Crippen LogP contribution in [0.4, 0.5) is 0 Å². The molecule has 0 aromatic heterocycles. The van der Waals surface area contributed by atoms with Crippen molar-refractivity contribution in [2.45, 2.75) is 13.8 Å². The highest BCUT2D eigenvalue weighted by molar-refractivity contribution is 6.36. The normalized spacial score (nSPS) is 10.5. The zero-order chi connectivity index (χ0) is 13.0. The lowest BCUT2D eigenvalue weighted by atomic mass is 10.1. The lowest BCUT2D eigenvalue weighted by Gasteiger charge is -2.12. The molecular formula is C12H15Cl2NO2. The third kappa shape index (κ3) is 3.79.